The molecule has 2 aliphatic heterocycles. The van der Waals surface area contributed by atoms with Gasteiger partial charge in [-0.1, -0.05) is 20.3 Å². The van der Waals surface area contributed by atoms with Crippen molar-refractivity contribution in [2.24, 2.45) is 0 Å². The van der Waals surface area contributed by atoms with Gasteiger partial charge in [0.25, 0.3) is 0 Å². The first-order chi connectivity index (χ1) is 16.4. The molecule has 2 unspecified atom stereocenters. The highest BCUT2D eigenvalue weighted by molar-refractivity contribution is 4.87. The molecular formula is C29H62N6. The lowest BCUT2D eigenvalue weighted by Crippen LogP contribution is -2.54. The first-order valence-electron chi connectivity index (χ1n) is 14.7. The lowest BCUT2D eigenvalue weighted by Gasteiger charge is -2.43. The zero-order chi connectivity index (χ0) is 24.5. The van der Waals surface area contributed by atoms with Crippen molar-refractivity contribution in [3.8, 4) is 0 Å². The van der Waals surface area contributed by atoms with E-state index >= 15 is 0 Å². The highest BCUT2D eigenvalue weighted by Gasteiger charge is 2.30. The fraction of sp³-hybridized carbons (Fsp3) is 1.00. The Morgan fingerprint density at radius 2 is 0.886 bits per heavy atom. The molecule has 6 nitrogen and oxygen atoms in total. The Kier molecular flexibility index (Phi) is 14.1. The van der Waals surface area contributed by atoms with Crippen LogP contribution in [0.3, 0.4) is 0 Å². The van der Waals surface area contributed by atoms with Crippen LogP contribution < -0.4 is 10.6 Å². The SMILES string of the molecule is C.CNC1CCC[C@H](N2CCN(C(C)C)CC2)C1.CN[C@@H]1CCCC(N2CCN(C(C)C)CC2)C1. The van der Waals surface area contributed by atoms with Crippen LogP contribution in [0.4, 0.5) is 0 Å². The average Bonchev–Trinajstić information content (AvgIpc) is 2.89. The minimum Gasteiger partial charge on any atom is -0.317 e. The molecule has 0 aromatic carbocycles. The maximum absolute atomic E-state index is 3.46. The maximum Gasteiger partial charge on any atom is 0.0113 e. The van der Waals surface area contributed by atoms with Crippen molar-refractivity contribution in [2.75, 3.05) is 66.5 Å². The normalized spacial score (nSPS) is 32.2. The molecule has 4 fully saturated rings. The van der Waals surface area contributed by atoms with Crippen LogP contribution in [0.5, 0.6) is 0 Å². The molecule has 4 atom stereocenters. The zero-order valence-electron chi connectivity index (χ0n) is 23.6. The molecule has 0 amide bonds. The molecule has 4 aliphatic rings. The molecule has 2 saturated heterocycles. The Balaban J connectivity index is 0.000000240. The quantitative estimate of drug-likeness (QED) is 0.586. The summed E-state index contributed by atoms with van der Waals surface area (Å²) < 4.78 is 0. The van der Waals surface area contributed by atoms with Gasteiger partial charge in [-0.3, -0.25) is 19.6 Å². The fourth-order valence-electron chi connectivity index (χ4n) is 6.75. The minimum absolute atomic E-state index is 0. The summed E-state index contributed by atoms with van der Waals surface area (Å²) >= 11 is 0. The van der Waals surface area contributed by atoms with Crippen LogP contribution in [-0.2, 0) is 0 Å². The van der Waals surface area contributed by atoms with Gasteiger partial charge in [-0.05, 0) is 80.3 Å². The van der Waals surface area contributed by atoms with Crippen molar-refractivity contribution in [3.05, 3.63) is 0 Å². The van der Waals surface area contributed by atoms with Gasteiger partial charge in [0.05, 0.1) is 0 Å². The van der Waals surface area contributed by atoms with E-state index in [4.69, 9.17) is 0 Å². The second kappa shape index (κ2) is 15.9. The molecule has 2 aliphatic carbocycles. The molecule has 2 heterocycles. The Hall–Kier alpha value is -0.240. The number of hydrogen-bond acceptors (Lipinski definition) is 6. The largest absolute Gasteiger partial charge is 0.317 e. The topological polar surface area (TPSA) is 37.0 Å². The van der Waals surface area contributed by atoms with Crippen molar-refractivity contribution in [1.82, 2.24) is 30.2 Å². The Morgan fingerprint density at radius 1 is 0.543 bits per heavy atom. The van der Waals surface area contributed by atoms with Crippen molar-refractivity contribution < 1.29 is 0 Å². The van der Waals surface area contributed by atoms with E-state index in [1.807, 2.05) is 0 Å². The summed E-state index contributed by atoms with van der Waals surface area (Å²) in [5.74, 6) is 0. The minimum atomic E-state index is 0. The molecule has 35 heavy (non-hydrogen) atoms. The summed E-state index contributed by atoms with van der Waals surface area (Å²) in [6, 6.07) is 4.64. The predicted octanol–water partition coefficient (Wildman–Crippen LogP) is 3.72. The number of nitrogens with one attached hydrogen (secondary N) is 2. The standard InChI is InChI=1S/2C14H29N3.CH4/c2*1-12(2)16-7-9-17(10-8-16)14-6-4-5-13(11-14)15-3;/h2*12-15H,4-11H2,1-3H3;1H4/t13?,14-;13-,14?;/m01./s1. The van der Waals surface area contributed by atoms with E-state index in [0.717, 1.165) is 24.2 Å². The molecule has 208 valence electrons. The highest BCUT2D eigenvalue weighted by atomic mass is 15.3. The van der Waals surface area contributed by atoms with E-state index in [2.05, 4.69) is 72.0 Å². The van der Waals surface area contributed by atoms with Crippen LogP contribution in [0.1, 0.15) is 86.5 Å². The molecule has 0 radical (unpaired) electrons. The average molecular weight is 495 g/mol. The van der Waals surface area contributed by atoms with Gasteiger partial charge >= 0.3 is 0 Å². The predicted molar refractivity (Wildman–Crippen MR) is 154 cm³/mol. The second-order valence-electron chi connectivity index (χ2n) is 11.9. The van der Waals surface area contributed by atoms with E-state index < -0.39 is 0 Å². The monoisotopic (exact) mass is 495 g/mol. The van der Waals surface area contributed by atoms with E-state index in [-0.39, 0.29) is 7.43 Å². The fourth-order valence-corrected chi connectivity index (χ4v) is 6.75. The Morgan fingerprint density at radius 3 is 1.17 bits per heavy atom. The van der Waals surface area contributed by atoms with Gasteiger partial charge in [0.2, 0.25) is 0 Å². The van der Waals surface area contributed by atoms with E-state index in [0.29, 0.717) is 12.1 Å². The summed E-state index contributed by atoms with van der Waals surface area (Å²) in [5.41, 5.74) is 0. The number of hydrogen-bond donors (Lipinski definition) is 2. The van der Waals surface area contributed by atoms with Crippen LogP contribution in [0.25, 0.3) is 0 Å². The summed E-state index contributed by atoms with van der Waals surface area (Å²) in [5, 5.41) is 6.93. The first-order valence-corrected chi connectivity index (χ1v) is 14.7. The van der Waals surface area contributed by atoms with E-state index in [1.54, 1.807) is 0 Å². The summed E-state index contributed by atoms with van der Waals surface area (Å²) in [4.78, 5) is 10.7. The number of piperazine rings is 2. The maximum atomic E-state index is 3.46. The van der Waals surface area contributed by atoms with Gasteiger partial charge in [-0.2, -0.15) is 0 Å². The van der Waals surface area contributed by atoms with Gasteiger partial charge in [0.1, 0.15) is 0 Å². The number of nitrogens with zero attached hydrogens (tertiary/aromatic N) is 4. The third-order valence-corrected chi connectivity index (χ3v) is 9.30. The highest BCUT2D eigenvalue weighted by Crippen LogP contribution is 2.25. The lowest BCUT2D eigenvalue weighted by atomic mass is 9.89. The molecule has 0 bridgehead atoms. The number of rotatable bonds is 6. The van der Waals surface area contributed by atoms with Crippen molar-refractivity contribution in [1.29, 1.82) is 0 Å². The van der Waals surface area contributed by atoms with Gasteiger partial charge < -0.3 is 10.6 Å². The Labute approximate surface area is 219 Å². The molecule has 0 spiro atoms. The Bertz CT molecular complexity index is 491. The van der Waals surface area contributed by atoms with Gasteiger partial charge in [0.15, 0.2) is 0 Å². The van der Waals surface area contributed by atoms with Crippen LogP contribution in [0.2, 0.25) is 0 Å². The molecule has 2 saturated carbocycles. The second-order valence-corrected chi connectivity index (χ2v) is 11.9. The van der Waals surface area contributed by atoms with Crippen molar-refractivity contribution >= 4 is 0 Å². The van der Waals surface area contributed by atoms with Gasteiger partial charge in [-0.15, -0.1) is 0 Å². The van der Waals surface area contributed by atoms with Gasteiger partial charge in [0, 0.05) is 88.6 Å². The van der Waals surface area contributed by atoms with Gasteiger partial charge in [-0.25, -0.2) is 0 Å². The molecule has 0 aromatic rings. The third-order valence-electron chi connectivity index (χ3n) is 9.30. The summed E-state index contributed by atoms with van der Waals surface area (Å²) in [6.07, 6.45) is 11.1. The zero-order valence-corrected chi connectivity index (χ0v) is 23.6. The molecular weight excluding hydrogens is 432 g/mol. The van der Waals surface area contributed by atoms with Crippen LogP contribution >= 0.6 is 0 Å². The molecule has 0 aromatic heterocycles. The third kappa shape index (κ3) is 9.54. The lowest BCUT2D eigenvalue weighted by molar-refractivity contribution is 0.0591. The van der Waals surface area contributed by atoms with E-state index in [1.165, 1.54) is 104 Å². The van der Waals surface area contributed by atoms with Crippen LogP contribution in [0.15, 0.2) is 0 Å². The molecule has 4 rings (SSSR count). The van der Waals surface area contributed by atoms with Crippen LogP contribution in [-0.4, -0.2) is 122 Å². The van der Waals surface area contributed by atoms with Crippen molar-refractivity contribution in [2.45, 2.75) is 123 Å². The molecule has 2 N–H and O–H groups in total. The van der Waals surface area contributed by atoms with E-state index in [9.17, 15) is 0 Å². The van der Waals surface area contributed by atoms with Crippen molar-refractivity contribution in [3.63, 3.8) is 0 Å². The first kappa shape index (κ1) is 31.0. The smallest absolute Gasteiger partial charge is 0.0113 e. The van der Waals surface area contributed by atoms with Crippen LogP contribution in [0, 0.1) is 0 Å². The summed E-state index contributed by atoms with van der Waals surface area (Å²) in [6.45, 7) is 19.4. The summed E-state index contributed by atoms with van der Waals surface area (Å²) in [7, 11) is 4.23. The molecule has 6 heteroatoms.